The van der Waals surface area contributed by atoms with Crippen molar-refractivity contribution in [1.82, 2.24) is 19.7 Å². The first kappa shape index (κ1) is 15.9. The maximum Gasteiger partial charge on any atom is 0.223 e. The third-order valence-corrected chi connectivity index (χ3v) is 4.74. The molecule has 0 aliphatic carbocycles. The van der Waals surface area contributed by atoms with Crippen LogP contribution in [0.3, 0.4) is 0 Å². The molecular weight excluding hydrogens is 316 g/mol. The predicted molar refractivity (Wildman–Crippen MR) is 94.1 cm³/mol. The highest BCUT2D eigenvalue weighted by atomic mass is 16.3. The summed E-state index contributed by atoms with van der Waals surface area (Å²) >= 11 is 0. The standard InChI is InChI=1S/C19H22N4O2/c1-14-11-20-23(12-14)15-5-4-10-22(13-15)19(24)9-8-18-21-16-6-2-3-7-17(16)25-18/h2-3,6-7,11-12,15H,4-5,8-10,13H2,1H3. The van der Waals surface area contributed by atoms with E-state index in [2.05, 4.69) is 16.3 Å². The van der Waals surface area contributed by atoms with Gasteiger partial charge in [-0.05, 0) is 37.5 Å². The molecule has 2 aromatic heterocycles. The maximum atomic E-state index is 12.6. The van der Waals surface area contributed by atoms with E-state index in [9.17, 15) is 4.79 Å². The number of carbonyl (C=O) groups excluding carboxylic acids is 1. The van der Waals surface area contributed by atoms with Crippen LogP contribution in [0.5, 0.6) is 0 Å². The number of benzene rings is 1. The van der Waals surface area contributed by atoms with Gasteiger partial charge in [0.2, 0.25) is 5.91 Å². The largest absolute Gasteiger partial charge is 0.441 e. The molecule has 1 aromatic carbocycles. The van der Waals surface area contributed by atoms with E-state index in [0.717, 1.165) is 42.6 Å². The average Bonchev–Trinajstić information content (AvgIpc) is 3.25. The predicted octanol–water partition coefficient (Wildman–Crippen LogP) is 3.13. The van der Waals surface area contributed by atoms with Gasteiger partial charge in [-0.3, -0.25) is 9.48 Å². The molecule has 25 heavy (non-hydrogen) atoms. The number of likely N-dealkylation sites (tertiary alicyclic amines) is 1. The van der Waals surface area contributed by atoms with E-state index in [0.29, 0.717) is 18.7 Å². The number of amides is 1. The summed E-state index contributed by atoms with van der Waals surface area (Å²) in [6.07, 6.45) is 6.96. The Kier molecular flexibility index (Phi) is 4.26. The normalized spacial score (nSPS) is 18.0. The van der Waals surface area contributed by atoms with Gasteiger partial charge in [-0.25, -0.2) is 4.98 Å². The number of aromatic nitrogens is 3. The van der Waals surface area contributed by atoms with Crippen LogP contribution in [0, 0.1) is 6.92 Å². The van der Waals surface area contributed by atoms with E-state index in [-0.39, 0.29) is 11.9 Å². The molecular formula is C19H22N4O2. The highest BCUT2D eigenvalue weighted by molar-refractivity contribution is 5.77. The van der Waals surface area contributed by atoms with Crippen molar-refractivity contribution in [3.05, 3.63) is 48.1 Å². The summed E-state index contributed by atoms with van der Waals surface area (Å²) in [5.41, 5.74) is 2.77. The van der Waals surface area contributed by atoms with Crippen LogP contribution >= 0.6 is 0 Å². The first-order valence-corrected chi connectivity index (χ1v) is 8.82. The molecule has 1 aliphatic rings. The Morgan fingerprint density at radius 1 is 1.36 bits per heavy atom. The van der Waals surface area contributed by atoms with Gasteiger partial charge in [0, 0.05) is 32.1 Å². The van der Waals surface area contributed by atoms with E-state index in [1.807, 2.05) is 47.0 Å². The van der Waals surface area contributed by atoms with Gasteiger partial charge < -0.3 is 9.32 Å². The molecule has 130 valence electrons. The minimum Gasteiger partial charge on any atom is -0.441 e. The lowest BCUT2D eigenvalue weighted by Gasteiger charge is -2.33. The topological polar surface area (TPSA) is 64.2 Å². The van der Waals surface area contributed by atoms with Crippen LogP contribution in [0.15, 0.2) is 41.1 Å². The van der Waals surface area contributed by atoms with Crippen LogP contribution < -0.4 is 0 Å². The highest BCUT2D eigenvalue weighted by Crippen LogP contribution is 2.22. The Morgan fingerprint density at radius 2 is 2.24 bits per heavy atom. The van der Waals surface area contributed by atoms with E-state index in [4.69, 9.17) is 4.42 Å². The molecule has 1 atom stereocenters. The monoisotopic (exact) mass is 338 g/mol. The molecule has 0 N–H and O–H groups in total. The van der Waals surface area contributed by atoms with E-state index in [1.54, 1.807) is 0 Å². The van der Waals surface area contributed by atoms with E-state index in [1.165, 1.54) is 0 Å². The SMILES string of the molecule is Cc1cnn(C2CCCN(C(=O)CCc3nc4ccccc4o3)C2)c1. The summed E-state index contributed by atoms with van der Waals surface area (Å²) in [5.74, 6) is 0.793. The fourth-order valence-electron chi connectivity index (χ4n) is 3.43. The van der Waals surface area contributed by atoms with Gasteiger partial charge in [-0.2, -0.15) is 5.10 Å². The number of oxazole rings is 1. The Hall–Kier alpha value is -2.63. The van der Waals surface area contributed by atoms with Crippen LogP contribution in [-0.4, -0.2) is 38.7 Å². The number of hydrogen-bond acceptors (Lipinski definition) is 4. The third-order valence-electron chi connectivity index (χ3n) is 4.74. The van der Waals surface area contributed by atoms with Gasteiger partial charge in [0.25, 0.3) is 0 Å². The number of aryl methyl sites for hydroxylation is 2. The van der Waals surface area contributed by atoms with Crippen molar-refractivity contribution in [3.63, 3.8) is 0 Å². The summed E-state index contributed by atoms with van der Waals surface area (Å²) in [6, 6.07) is 7.95. The molecule has 0 saturated carbocycles. The molecule has 1 saturated heterocycles. The summed E-state index contributed by atoms with van der Waals surface area (Å²) in [4.78, 5) is 19.0. The number of carbonyl (C=O) groups is 1. The molecule has 6 nitrogen and oxygen atoms in total. The van der Waals surface area contributed by atoms with Gasteiger partial charge in [0.1, 0.15) is 5.52 Å². The molecule has 6 heteroatoms. The Balaban J connectivity index is 1.37. The number of rotatable bonds is 4. The number of nitrogens with zero attached hydrogens (tertiary/aromatic N) is 4. The smallest absolute Gasteiger partial charge is 0.223 e. The zero-order valence-electron chi connectivity index (χ0n) is 14.4. The lowest BCUT2D eigenvalue weighted by Crippen LogP contribution is -2.40. The highest BCUT2D eigenvalue weighted by Gasteiger charge is 2.25. The third kappa shape index (κ3) is 3.43. The first-order chi connectivity index (χ1) is 12.2. The molecule has 1 aliphatic heterocycles. The van der Waals surface area contributed by atoms with Gasteiger partial charge >= 0.3 is 0 Å². The van der Waals surface area contributed by atoms with Crippen LogP contribution in [0.4, 0.5) is 0 Å². The molecule has 4 rings (SSSR count). The summed E-state index contributed by atoms with van der Waals surface area (Å²) in [7, 11) is 0. The van der Waals surface area contributed by atoms with Gasteiger partial charge in [0.05, 0.1) is 12.2 Å². The lowest BCUT2D eigenvalue weighted by atomic mass is 10.1. The summed E-state index contributed by atoms with van der Waals surface area (Å²) in [5, 5.41) is 4.40. The Labute approximate surface area is 146 Å². The van der Waals surface area contributed by atoms with Gasteiger partial charge in [-0.1, -0.05) is 12.1 Å². The second kappa shape index (κ2) is 6.70. The molecule has 1 fully saturated rings. The number of fused-ring (bicyclic) bond motifs is 1. The van der Waals surface area contributed by atoms with Crippen molar-refractivity contribution in [1.29, 1.82) is 0 Å². The first-order valence-electron chi connectivity index (χ1n) is 8.82. The van der Waals surface area contributed by atoms with Crippen molar-refractivity contribution in [2.75, 3.05) is 13.1 Å². The quantitative estimate of drug-likeness (QED) is 0.733. The molecule has 0 bridgehead atoms. The van der Waals surface area contributed by atoms with Crippen LogP contribution in [0.2, 0.25) is 0 Å². The van der Waals surface area contributed by atoms with Crippen LogP contribution in [0.25, 0.3) is 11.1 Å². The average molecular weight is 338 g/mol. The van der Waals surface area contributed by atoms with Crippen molar-refractivity contribution < 1.29 is 9.21 Å². The number of hydrogen-bond donors (Lipinski definition) is 0. The van der Waals surface area contributed by atoms with Crippen LogP contribution in [0.1, 0.15) is 36.8 Å². The number of piperidine rings is 1. The van der Waals surface area contributed by atoms with E-state index < -0.39 is 0 Å². The second-order valence-electron chi connectivity index (χ2n) is 6.71. The zero-order chi connectivity index (χ0) is 17.2. The van der Waals surface area contributed by atoms with Crippen LogP contribution in [-0.2, 0) is 11.2 Å². The molecule has 3 aromatic rings. The van der Waals surface area contributed by atoms with Crippen molar-refractivity contribution in [3.8, 4) is 0 Å². The summed E-state index contributed by atoms with van der Waals surface area (Å²) < 4.78 is 7.70. The maximum absolute atomic E-state index is 12.6. The molecule has 1 unspecified atom stereocenters. The zero-order valence-corrected chi connectivity index (χ0v) is 14.4. The second-order valence-corrected chi connectivity index (χ2v) is 6.71. The fraction of sp³-hybridized carbons (Fsp3) is 0.421. The molecule has 3 heterocycles. The lowest BCUT2D eigenvalue weighted by molar-refractivity contribution is -0.132. The summed E-state index contributed by atoms with van der Waals surface area (Å²) in [6.45, 7) is 3.59. The van der Waals surface area contributed by atoms with Gasteiger partial charge in [-0.15, -0.1) is 0 Å². The molecule has 0 radical (unpaired) electrons. The minimum absolute atomic E-state index is 0.163. The Morgan fingerprint density at radius 3 is 3.04 bits per heavy atom. The minimum atomic E-state index is 0.163. The fourth-order valence-corrected chi connectivity index (χ4v) is 3.43. The van der Waals surface area contributed by atoms with Crippen molar-refractivity contribution >= 4 is 17.0 Å². The van der Waals surface area contributed by atoms with Crippen molar-refractivity contribution in [2.45, 2.75) is 38.6 Å². The molecule has 1 amide bonds. The molecule has 0 spiro atoms. The number of para-hydroxylation sites is 2. The van der Waals surface area contributed by atoms with E-state index >= 15 is 0 Å². The van der Waals surface area contributed by atoms with Gasteiger partial charge in [0.15, 0.2) is 11.5 Å². The Bertz CT molecular complexity index is 849. The van der Waals surface area contributed by atoms with Crippen molar-refractivity contribution in [2.24, 2.45) is 0 Å².